The van der Waals surface area contributed by atoms with Gasteiger partial charge in [0.25, 0.3) is 0 Å². The van der Waals surface area contributed by atoms with E-state index in [9.17, 15) is 13.2 Å². The van der Waals surface area contributed by atoms with Crippen LogP contribution in [0.25, 0.3) is 0 Å². The molecular formula is C20H23NO5S. The predicted molar refractivity (Wildman–Crippen MR) is 101 cm³/mol. The van der Waals surface area contributed by atoms with E-state index in [2.05, 4.69) is 4.72 Å². The van der Waals surface area contributed by atoms with Gasteiger partial charge < -0.3 is 9.47 Å². The molecule has 0 spiro atoms. The highest BCUT2D eigenvalue weighted by Gasteiger charge is 2.35. The molecule has 6 nitrogen and oxygen atoms in total. The van der Waals surface area contributed by atoms with Crippen molar-refractivity contribution in [3.63, 3.8) is 0 Å². The second kappa shape index (κ2) is 8.10. The monoisotopic (exact) mass is 389 g/mol. The quantitative estimate of drug-likeness (QED) is 0.701. The van der Waals surface area contributed by atoms with Gasteiger partial charge in [0.1, 0.15) is 5.75 Å². The molecule has 0 radical (unpaired) electrons. The fourth-order valence-electron chi connectivity index (χ4n) is 2.90. The van der Waals surface area contributed by atoms with E-state index < -0.39 is 16.0 Å². The molecule has 27 heavy (non-hydrogen) atoms. The average molecular weight is 389 g/mol. The fourth-order valence-corrected chi connectivity index (χ4v) is 4.19. The lowest BCUT2D eigenvalue weighted by atomic mass is 10.0. The van der Waals surface area contributed by atoms with Crippen LogP contribution in [0.15, 0.2) is 53.4 Å². The van der Waals surface area contributed by atoms with Crippen LogP contribution in [0.4, 0.5) is 0 Å². The molecule has 1 fully saturated rings. The van der Waals surface area contributed by atoms with E-state index in [-0.39, 0.29) is 23.5 Å². The third kappa shape index (κ3) is 4.67. The maximum Gasteiger partial charge on any atom is 0.338 e. The molecule has 1 N–H and O–H groups in total. The number of esters is 1. The Morgan fingerprint density at radius 3 is 2.26 bits per heavy atom. The Labute approximate surface area is 159 Å². The van der Waals surface area contributed by atoms with Crippen LogP contribution in [0.3, 0.4) is 0 Å². The number of carbonyl (C=O) groups excluding carboxylic acids is 1. The molecule has 0 aliphatic heterocycles. The summed E-state index contributed by atoms with van der Waals surface area (Å²) in [4.78, 5) is 11.8. The first kappa shape index (κ1) is 19.4. The number of ether oxygens (including phenoxy) is 2. The van der Waals surface area contributed by atoms with Gasteiger partial charge in [0.2, 0.25) is 10.0 Å². The van der Waals surface area contributed by atoms with Gasteiger partial charge in [-0.3, -0.25) is 0 Å². The van der Waals surface area contributed by atoms with Crippen LogP contribution >= 0.6 is 0 Å². The van der Waals surface area contributed by atoms with E-state index in [1.807, 2.05) is 24.3 Å². The molecule has 1 saturated carbocycles. The van der Waals surface area contributed by atoms with E-state index in [0.29, 0.717) is 5.56 Å². The van der Waals surface area contributed by atoms with E-state index in [0.717, 1.165) is 24.2 Å². The summed E-state index contributed by atoms with van der Waals surface area (Å²) in [5.74, 6) is 0.543. The molecule has 0 aromatic heterocycles. The highest BCUT2D eigenvalue weighted by Crippen LogP contribution is 2.42. The molecule has 1 aliphatic rings. The summed E-state index contributed by atoms with van der Waals surface area (Å²) >= 11 is 0. The predicted octanol–water partition coefficient (Wildman–Crippen LogP) is 3.30. The first-order chi connectivity index (χ1) is 12.9. The van der Waals surface area contributed by atoms with Gasteiger partial charge in [0.05, 0.1) is 24.2 Å². The number of hydrogen-bond donors (Lipinski definition) is 1. The molecule has 0 bridgehead atoms. The highest BCUT2D eigenvalue weighted by molar-refractivity contribution is 7.89. The van der Waals surface area contributed by atoms with Gasteiger partial charge in [-0.1, -0.05) is 12.1 Å². The Morgan fingerprint density at radius 2 is 1.74 bits per heavy atom. The molecule has 1 aliphatic carbocycles. The van der Waals surface area contributed by atoms with Crippen molar-refractivity contribution in [2.24, 2.45) is 5.92 Å². The van der Waals surface area contributed by atoms with Gasteiger partial charge in [-0.05, 0) is 67.6 Å². The summed E-state index contributed by atoms with van der Waals surface area (Å²) in [5, 5.41) is 0. The Kier molecular flexibility index (Phi) is 5.82. The summed E-state index contributed by atoms with van der Waals surface area (Å²) < 4.78 is 38.6. The zero-order valence-electron chi connectivity index (χ0n) is 15.3. The number of nitrogens with one attached hydrogen (secondary N) is 1. The maximum absolute atomic E-state index is 12.8. The van der Waals surface area contributed by atoms with E-state index >= 15 is 0 Å². The SMILES string of the molecule is CCOC(=O)c1ccc(S(=O)(=O)NC(c2ccc(OC)cc2)C2CC2)cc1. The molecule has 3 rings (SSSR count). The van der Waals surface area contributed by atoms with Crippen LogP contribution in [-0.2, 0) is 14.8 Å². The van der Waals surface area contributed by atoms with Gasteiger partial charge >= 0.3 is 5.97 Å². The van der Waals surface area contributed by atoms with Gasteiger partial charge in [0.15, 0.2) is 0 Å². The summed E-state index contributed by atoms with van der Waals surface area (Å²) in [6.07, 6.45) is 1.97. The standard InChI is InChI=1S/C20H23NO5S/c1-3-26-20(22)16-8-12-18(13-9-16)27(23,24)21-19(14-4-5-14)15-6-10-17(25-2)11-7-15/h6-14,19,21H,3-5H2,1-2H3. The summed E-state index contributed by atoms with van der Waals surface area (Å²) in [7, 11) is -2.12. The minimum atomic E-state index is -3.72. The van der Waals surface area contributed by atoms with Crippen molar-refractivity contribution < 1.29 is 22.7 Å². The Morgan fingerprint density at radius 1 is 1.11 bits per heavy atom. The van der Waals surface area contributed by atoms with Gasteiger partial charge in [-0.25, -0.2) is 17.9 Å². The molecule has 2 aromatic rings. The molecule has 0 heterocycles. The lowest BCUT2D eigenvalue weighted by molar-refractivity contribution is 0.0526. The summed E-state index contributed by atoms with van der Waals surface area (Å²) in [6, 6.07) is 12.9. The zero-order chi connectivity index (χ0) is 19.4. The Hall–Kier alpha value is -2.38. The van der Waals surface area contributed by atoms with Crippen molar-refractivity contribution in [3.05, 3.63) is 59.7 Å². The topological polar surface area (TPSA) is 81.7 Å². The first-order valence-electron chi connectivity index (χ1n) is 8.88. The van der Waals surface area contributed by atoms with Crippen molar-refractivity contribution >= 4 is 16.0 Å². The number of sulfonamides is 1. The normalized spacial score (nSPS) is 15.2. The third-order valence-electron chi connectivity index (χ3n) is 4.53. The highest BCUT2D eigenvalue weighted by atomic mass is 32.2. The van der Waals surface area contributed by atoms with Crippen molar-refractivity contribution in [1.82, 2.24) is 4.72 Å². The van der Waals surface area contributed by atoms with Crippen molar-refractivity contribution in [1.29, 1.82) is 0 Å². The second-order valence-corrected chi connectivity index (χ2v) is 8.17. The molecule has 0 saturated heterocycles. The Balaban J connectivity index is 1.79. The molecule has 7 heteroatoms. The Bertz CT molecular complexity index is 887. The molecule has 0 amide bonds. The minimum absolute atomic E-state index is 0.120. The van der Waals surface area contributed by atoms with Crippen LogP contribution in [0.5, 0.6) is 5.75 Å². The van der Waals surface area contributed by atoms with Gasteiger partial charge in [-0.15, -0.1) is 0 Å². The van der Waals surface area contributed by atoms with Crippen LogP contribution in [0.1, 0.15) is 41.7 Å². The first-order valence-corrected chi connectivity index (χ1v) is 10.4. The number of hydrogen-bond acceptors (Lipinski definition) is 5. The molecular weight excluding hydrogens is 366 g/mol. The van der Waals surface area contributed by atoms with Crippen molar-refractivity contribution in [2.75, 3.05) is 13.7 Å². The lowest BCUT2D eigenvalue weighted by Crippen LogP contribution is -2.30. The van der Waals surface area contributed by atoms with Gasteiger partial charge in [0, 0.05) is 6.04 Å². The van der Waals surface area contributed by atoms with E-state index in [1.54, 1.807) is 14.0 Å². The van der Waals surface area contributed by atoms with Gasteiger partial charge in [-0.2, -0.15) is 0 Å². The minimum Gasteiger partial charge on any atom is -0.497 e. The zero-order valence-corrected chi connectivity index (χ0v) is 16.2. The van der Waals surface area contributed by atoms with Crippen LogP contribution in [0.2, 0.25) is 0 Å². The third-order valence-corrected chi connectivity index (χ3v) is 5.98. The summed E-state index contributed by atoms with van der Waals surface area (Å²) in [5.41, 5.74) is 1.23. The largest absolute Gasteiger partial charge is 0.497 e. The molecule has 1 unspecified atom stereocenters. The van der Waals surface area contributed by atoms with Crippen LogP contribution < -0.4 is 9.46 Å². The number of rotatable bonds is 8. The average Bonchev–Trinajstić information content (AvgIpc) is 3.52. The van der Waals surface area contributed by atoms with Crippen LogP contribution in [0, 0.1) is 5.92 Å². The fraction of sp³-hybridized carbons (Fsp3) is 0.350. The number of methoxy groups -OCH3 is 1. The van der Waals surface area contributed by atoms with E-state index in [4.69, 9.17) is 9.47 Å². The molecule has 2 aromatic carbocycles. The van der Waals surface area contributed by atoms with Crippen molar-refractivity contribution in [2.45, 2.75) is 30.7 Å². The maximum atomic E-state index is 12.8. The van der Waals surface area contributed by atoms with Crippen LogP contribution in [-0.4, -0.2) is 28.1 Å². The second-order valence-electron chi connectivity index (χ2n) is 6.45. The lowest BCUT2D eigenvalue weighted by Gasteiger charge is -2.19. The number of benzene rings is 2. The number of carbonyl (C=O) groups is 1. The van der Waals surface area contributed by atoms with Crippen molar-refractivity contribution in [3.8, 4) is 5.75 Å². The molecule has 1 atom stereocenters. The smallest absolute Gasteiger partial charge is 0.338 e. The summed E-state index contributed by atoms with van der Waals surface area (Å²) in [6.45, 7) is 1.99. The molecule has 144 valence electrons. The van der Waals surface area contributed by atoms with E-state index in [1.165, 1.54) is 24.3 Å².